The fourth-order valence-electron chi connectivity index (χ4n) is 2.27. The van der Waals surface area contributed by atoms with E-state index in [4.69, 9.17) is 10.5 Å². The van der Waals surface area contributed by atoms with E-state index in [0.717, 1.165) is 24.3 Å². The lowest BCUT2D eigenvalue weighted by molar-refractivity contribution is 0.182. The normalized spacial score (nSPS) is 16.1. The molecule has 1 aliphatic rings. The molecule has 4 nitrogen and oxygen atoms in total. The average molecular weight is 222 g/mol. The number of aliphatic hydroxyl groups excluding tert-OH is 1. The minimum Gasteiger partial charge on any atom is -0.496 e. The number of benzene rings is 1. The second-order valence-corrected chi connectivity index (χ2v) is 4.11. The Morgan fingerprint density at radius 3 is 2.94 bits per heavy atom. The SMILES string of the molecule is COc1c(C(O)CN)ccc2c1CCN2C. The molecule has 1 atom stereocenters. The molecule has 4 heteroatoms. The summed E-state index contributed by atoms with van der Waals surface area (Å²) in [4.78, 5) is 2.19. The summed E-state index contributed by atoms with van der Waals surface area (Å²) in [5.74, 6) is 0.791. The first kappa shape index (κ1) is 11.2. The number of hydrogen-bond acceptors (Lipinski definition) is 4. The minimum absolute atomic E-state index is 0.213. The van der Waals surface area contributed by atoms with Gasteiger partial charge in [0.15, 0.2) is 0 Å². The highest BCUT2D eigenvalue weighted by Crippen LogP contribution is 2.38. The molecule has 1 heterocycles. The van der Waals surface area contributed by atoms with Crippen LogP contribution in [0.4, 0.5) is 5.69 Å². The van der Waals surface area contributed by atoms with Gasteiger partial charge in [0.2, 0.25) is 0 Å². The zero-order valence-electron chi connectivity index (χ0n) is 9.73. The molecule has 0 bridgehead atoms. The van der Waals surface area contributed by atoms with Crippen LogP contribution in [-0.4, -0.2) is 32.4 Å². The number of fused-ring (bicyclic) bond motifs is 1. The summed E-state index contributed by atoms with van der Waals surface area (Å²) in [6.45, 7) is 1.21. The maximum Gasteiger partial charge on any atom is 0.130 e. The van der Waals surface area contributed by atoms with Gasteiger partial charge in [0.05, 0.1) is 13.2 Å². The number of rotatable bonds is 3. The lowest BCUT2D eigenvalue weighted by atomic mass is 10.0. The van der Waals surface area contributed by atoms with Crippen LogP contribution in [0.25, 0.3) is 0 Å². The van der Waals surface area contributed by atoms with Gasteiger partial charge in [-0.1, -0.05) is 6.07 Å². The molecule has 3 N–H and O–H groups in total. The molecule has 0 aliphatic carbocycles. The van der Waals surface area contributed by atoms with Gasteiger partial charge in [-0.2, -0.15) is 0 Å². The molecule has 2 rings (SSSR count). The van der Waals surface area contributed by atoms with Crippen molar-refractivity contribution in [2.75, 3.05) is 32.1 Å². The van der Waals surface area contributed by atoms with Gasteiger partial charge in [-0.15, -0.1) is 0 Å². The Morgan fingerprint density at radius 2 is 2.31 bits per heavy atom. The van der Waals surface area contributed by atoms with Gasteiger partial charge >= 0.3 is 0 Å². The van der Waals surface area contributed by atoms with Crippen molar-refractivity contribution in [1.29, 1.82) is 0 Å². The van der Waals surface area contributed by atoms with Crippen molar-refractivity contribution in [1.82, 2.24) is 0 Å². The molecular formula is C12H18N2O2. The predicted octanol–water partition coefficient (Wildman–Crippen LogP) is 0.680. The zero-order chi connectivity index (χ0) is 11.7. The summed E-state index contributed by atoms with van der Waals surface area (Å²) in [5.41, 5.74) is 8.64. The highest BCUT2D eigenvalue weighted by atomic mass is 16.5. The Balaban J connectivity index is 2.50. The van der Waals surface area contributed by atoms with E-state index in [2.05, 4.69) is 11.9 Å². The van der Waals surface area contributed by atoms with E-state index in [-0.39, 0.29) is 6.54 Å². The van der Waals surface area contributed by atoms with Crippen LogP contribution in [0.1, 0.15) is 17.2 Å². The van der Waals surface area contributed by atoms with Gasteiger partial charge in [0.25, 0.3) is 0 Å². The van der Waals surface area contributed by atoms with Crippen molar-refractivity contribution >= 4 is 5.69 Å². The van der Waals surface area contributed by atoms with E-state index < -0.39 is 6.10 Å². The molecule has 0 aromatic heterocycles. The number of nitrogens with two attached hydrogens (primary N) is 1. The first-order valence-corrected chi connectivity index (χ1v) is 5.48. The van der Waals surface area contributed by atoms with Gasteiger partial charge in [0, 0.05) is 37.0 Å². The monoisotopic (exact) mass is 222 g/mol. The fourth-order valence-corrected chi connectivity index (χ4v) is 2.27. The van der Waals surface area contributed by atoms with Crippen molar-refractivity contribution in [3.63, 3.8) is 0 Å². The third kappa shape index (κ3) is 1.64. The second kappa shape index (κ2) is 4.31. The first-order chi connectivity index (χ1) is 7.69. The van der Waals surface area contributed by atoms with Gasteiger partial charge in [-0.3, -0.25) is 0 Å². The molecule has 1 aliphatic heterocycles. The van der Waals surface area contributed by atoms with Crippen molar-refractivity contribution in [3.05, 3.63) is 23.3 Å². The van der Waals surface area contributed by atoms with E-state index in [0.29, 0.717) is 0 Å². The number of nitrogens with zero attached hydrogens (tertiary/aromatic N) is 1. The number of likely N-dealkylation sites (N-methyl/N-ethyl adjacent to an activating group) is 1. The van der Waals surface area contributed by atoms with Gasteiger partial charge in [-0.05, 0) is 12.5 Å². The third-order valence-electron chi connectivity index (χ3n) is 3.16. The van der Waals surface area contributed by atoms with E-state index in [1.165, 1.54) is 11.3 Å². The Kier molecular flexibility index (Phi) is 3.03. The molecule has 0 saturated heterocycles. The summed E-state index contributed by atoms with van der Waals surface area (Å²) >= 11 is 0. The standard InChI is InChI=1S/C12H18N2O2/c1-14-6-5-8-10(14)4-3-9(11(15)7-13)12(8)16-2/h3-4,11,15H,5-7,13H2,1-2H3. The molecule has 1 unspecified atom stereocenters. The van der Waals surface area contributed by atoms with Crippen LogP contribution < -0.4 is 15.4 Å². The molecule has 1 aromatic carbocycles. The summed E-state index contributed by atoms with van der Waals surface area (Å²) in [7, 11) is 3.70. The summed E-state index contributed by atoms with van der Waals surface area (Å²) in [6, 6.07) is 3.93. The molecule has 0 saturated carbocycles. The quantitative estimate of drug-likeness (QED) is 0.789. The maximum atomic E-state index is 9.82. The molecule has 0 amide bonds. The number of methoxy groups -OCH3 is 1. The summed E-state index contributed by atoms with van der Waals surface area (Å²) in [5, 5.41) is 9.82. The van der Waals surface area contributed by atoms with Crippen molar-refractivity contribution in [2.45, 2.75) is 12.5 Å². The lowest BCUT2D eigenvalue weighted by Gasteiger charge is -2.18. The van der Waals surface area contributed by atoms with E-state index >= 15 is 0 Å². The molecule has 1 aromatic rings. The van der Waals surface area contributed by atoms with Gasteiger partial charge in [0.1, 0.15) is 5.75 Å². The Hall–Kier alpha value is -1.26. The Morgan fingerprint density at radius 1 is 1.56 bits per heavy atom. The number of hydrogen-bond donors (Lipinski definition) is 2. The Bertz CT molecular complexity index is 393. The van der Waals surface area contributed by atoms with Crippen LogP contribution in [0.2, 0.25) is 0 Å². The predicted molar refractivity (Wildman–Crippen MR) is 64.0 cm³/mol. The zero-order valence-corrected chi connectivity index (χ0v) is 9.73. The van der Waals surface area contributed by atoms with Crippen LogP contribution in [0, 0.1) is 0 Å². The topological polar surface area (TPSA) is 58.7 Å². The van der Waals surface area contributed by atoms with Crippen molar-refractivity contribution in [3.8, 4) is 5.75 Å². The fraction of sp³-hybridized carbons (Fsp3) is 0.500. The minimum atomic E-state index is -0.647. The molecule has 16 heavy (non-hydrogen) atoms. The van der Waals surface area contributed by atoms with Crippen LogP contribution in [0.15, 0.2) is 12.1 Å². The average Bonchev–Trinajstić information content (AvgIpc) is 2.69. The van der Waals surface area contributed by atoms with Crippen LogP contribution in [0.5, 0.6) is 5.75 Å². The first-order valence-electron chi connectivity index (χ1n) is 5.48. The highest BCUT2D eigenvalue weighted by molar-refractivity contribution is 5.65. The maximum absolute atomic E-state index is 9.82. The number of ether oxygens (including phenoxy) is 1. The molecule has 0 spiro atoms. The highest BCUT2D eigenvalue weighted by Gasteiger charge is 2.24. The largest absolute Gasteiger partial charge is 0.496 e. The van der Waals surface area contributed by atoms with E-state index in [1.807, 2.05) is 12.1 Å². The summed E-state index contributed by atoms with van der Waals surface area (Å²) in [6.07, 6.45) is 0.311. The Labute approximate surface area is 95.6 Å². The van der Waals surface area contributed by atoms with Gasteiger partial charge in [-0.25, -0.2) is 0 Å². The van der Waals surface area contributed by atoms with Crippen LogP contribution >= 0.6 is 0 Å². The van der Waals surface area contributed by atoms with Crippen LogP contribution in [0.3, 0.4) is 0 Å². The number of anilines is 1. The molecule has 0 fully saturated rings. The number of aliphatic hydroxyl groups is 1. The third-order valence-corrected chi connectivity index (χ3v) is 3.16. The smallest absolute Gasteiger partial charge is 0.130 e. The van der Waals surface area contributed by atoms with Gasteiger partial charge < -0.3 is 20.5 Å². The second-order valence-electron chi connectivity index (χ2n) is 4.11. The molecule has 88 valence electrons. The molecule has 0 radical (unpaired) electrons. The van der Waals surface area contributed by atoms with Crippen LogP contribution in [-0.2, 0) is 6.42 Å². The van der Waals surface area contributed by atoms with E-state index in [9.17, 15) is 5.11 Å². The van der Waals surface area contributed by atoms with Crippen molar-refractivity contribution in [2.24, 2.45) is 5.73 Å². The van der Waals surface area contributed by atoms with E-state index in [1.54, 1.807) is 7.11 Å². The van der Waals surface area contributed by atoms with Crippen molar-refractivity contribution < 1.29 is 9.84 Å². The summed E-state index contributed by atoms with van der Waals surface area (Å²) < 4.78 is 5.42. The molecular weight excluding hydrogens is 204 g/mol. The lowest BCUT2D eigenvalue weighted by Crippen LogP contribution is -2.14.